The highest BCUT2D eigenvalue weighted by molar-refractivity contribution is 14.1. The molecule has 5 nitrogen and oxygen atoms in total. The molecular weight excluding hydrogens is 339 g/mol. The predicted molar refractivity (Wildman–Crippen MR) is 67.8 cm³/mol. The lowest BCUT2D eigenvalue weighted by Crippen LogP contribution is -2.08. The summed E-state index contributed by atoms with van der Waals surface area (Å²) in [5.74, 6) is -1.45. The van der Waals surface area contributed by atoms with E-state index in [2.05, 4.69) is 27.3 Å². The Morgan fingerprint density at radius 1 is 1.35 bits per heavy atom. The van der Waals surface area contributed by atoms with E-state index in [0.29, 0.717) is 5.56 Å². The van der Waals surface area contributed by atoms with Gasteiger partial charge in [0.15, 0.2) is 0 Å². The van der Waals surface area contributed by atoms with Crippen molar-refractivity contribution in [1.29, 1.82) is 0 Å². The first-order chi connectivity index (χ1) is 8.02. The Kier molecular flexibility index (Phi) is 5.36. The van der Waals surface area contributed by atoms with Crippen molar-refractivity contribution >= 4 is 34.5 Å². The van der Waals surface area contributed by atoms with Crippen LogP contribution < -0.4 is 0 Å². The molecule has 1 rings (SSSR count). The number of hydrogen-bond donors (Lipinski definition) is 1. The average molecular weight is 350 g/mol. The smallest absolute Gasteiger partial charge is 0.337 e. The number of methoxy groups -OCH3 is 1. The second-order valence-corrected chi connectivity index (χ2v) is 4.47. The zero-order valence-electron chi connectivity index (χ0n) is 9.10. The van der Waals surface area contributed by atoms with Crippen LogP contribution in [0, 0.1) is 3.57 Å². The monoisotopic (exact) mass is 350 g/mol. The largest absolute Gasteiger partial charge is 0.480 e. The number of ether oxygens (including phenoxy) is 2. The molecule has 1 aromatic carbocycles. The van der Waals surface area contributed by atoms with Crippen molar-refractivity contribution in [3.63, 3.8) is 0 Å². The first kappa shape index (κ1) is 13.9. The minimum atomic E-state index is -1.02. The zero-order chi connectivity index (χ0) is 12.8. The number of carboxylic acid groups (broad SMARTS) is 1. The number of carbonyl (C=O) groups is 2. The number of hydrogen-bond acceptors (Lipinski definition) is 4. The molecule has 0 bridgehead atoms. The van der Waals surface area contributed by atoms with Gasteiger partial charge in [0.25, 0.3) is 0 Å². The molecule has 0 saturated carbocycles. The van der Waals surface area contributed by atoms with Crippen LogP contribution in [0.3, 0.4) is 0 Å². The molecule has 0 amide bonds. The standard InChI is InChI=1S/C11H11IO5/c1-16-11(15)8-2-7(3-9(12)4-8)5-17-6-10(13)14/h2-4H,5-6H2,1H3,(H,13,14). The van der Waals surface area contributed by atoms with Gasteiger partial charge >= 0.3 is 11.9 Å². The summed E-state index contributed by atoms with van der Waals surface area (Å²) in [7, 11) is 1.31. The van der Waals surface area contributed by atoms with Gasteiger partial charge in [-0.2, -0.15) is 0 Å². The van der Waals surface area contributed by atoms with Gasteiger partial charge in [0.2, 0.25) is 0 Å². The Bertz CT molecular complexity index is 430. The Morgan fingerprint density at radius 3 is 2.65 bits per heavy atom. The molecule has 0 heterocycles. The fourth-order valence-corrected chi connectivity index (χ4v) is 1.96. The molecule has 0 saturated heterocycles. The van der Waals surface area contributed by atoms with Gasteiger partial charge in [-0.05, 0) is 46.4 Å². The van der Waals surface area contributed by atoms with Crippen LogP contribution in [-0.2, 0) is 20.9 Å². The number of carbonyl (C=O) groups excluding carboxylic acids is 1. The van der Waals surface area contributed by atoms with Gasteiger partial charge in [0.1, 0.15) is 6.61 Å². The average Bonchev–Trinajstić information content (AvgIpc) is 2.26. The van der Waals surface area contributed by atoms with Crippen LogP contribution in [0.2, 0.25) is 0 Å². The SMILES string of the molecule is COC(=O)c1cc(I)cc(COCC(=O)O)c1. The molecule has 0 aliphatic rings. The molecule has 0 aliphatic heterocycles. The fourth-order valence-electron chi connectivity index (χ4n) is 1.23. The third-order valence-electron chi connectivity index (χ3n) is 1.87. The van der Waals surface area contributed by atoms with Crippen molar-refractivity contribution in [2.24, 2.45) is 0 Å². The van der Waals surface area contributed by atoms with E-state index in [-0.39, 0.29) is 13.2 Å². The molecule has 1 N–H and O–H groups in total. The molecule has 0 spiro atoms. The number of rotatable bonds is 5. The highest BCUT2D eigenvalue weighted by atomic mass is 127. The van der Waals surface area contributed by atoms with E-state index < -0.39 is 11.9 Å². The first-order valence-electron chi connectivity index (χ1n) is 4.70. The van der Waals surface area contributed by atoms with E-state index in [4.69, 9.17) is 9.84 Å². The lowest BCUT2D eigenvalue weighted by atomic mass is 10.1. The second kappa shape index (κ2) is 6.55. The molecule has 0 radical (unpaired) electrons. The predicted octanol–water partition coefficient (Wildman–Crippen LogP) is 1.68. The van der Waals surface area contributed by atoms with Crippen molar-refractivity contribution in [2.45, 2.75) is 6.61 Å². The minimum Gasteiger partial charge on any atom is -0.480 e. The molecule has 0 aliphatic carbocycles. The molecule has 0 fully saturated rings. The lowest BCUT2D eigenvalue weighted by Gasteiger charge is -2.05. The Labute approximate surface area is 112 Å². The van der Waals surface area contributed by atoms with Crippen LogP contribution in [0.1, 0.15) is 15.9 Å². The maximum absolute atomic E-state index is 11.3. The highest BCUT2D eigenvalue weighted by Crippen LogP contribution is 2.14. The van der Waals surface area contributed by atoms with E-state index >= 15 is 0 Å². The molecule has 0 atom stereocenters. The van der Waals surface area contributed by atoms with Gasteiger partial charge < -0.3 is 14.6 Å². The Balaban J connectivity index is 2.75. The van der Waals surface area contributed by atoms with Gasteiger partial charge in [0.05, 0.1) is 19.3 Å². The number of benzene rings is 1. The van der Waals surface area contributed by atoms with Gasteiger partial charge in [-0.1, -0.05) is 0 Å². The van der Waals surface area contributed by atoms with Crippen molar-refractivity contribution in [3.8, 4) is 0 Å². The summed E-state index contributed by atoms with van der Waals surface area (Å²) in [6.07, 6.45) is 0. The van der Waals surface area contributed by atoms with Crippen molar-refractivity contribution in [3.05, 3.63) is 32.9 Å². The van der Waals surface area contributed by atoms with Crippen molar-refractivity contribution in [2.75, 3.05) is 13.7 Å². The molecule has 6 heteroatoms. The van der Waals surface area contributed by atoms with Crippen LogP contribution in [0.25, 0.3) is 0 Å². The van der Waals surface area contributed by atoms with Crippen LogP contribution >= 0.6 is 22.6 Å². The summed E-state index contributed by atoms with van der Waals surface area (Å²) in [5, 5.41) is 8.43. The Morgan fingerprint density at radius 2 is 2.06 bits per heavy atom. The summed E-state index contributed by atoms with van der Waals surface area (Å²) in [5.41, 5.74) is 1.16. The molecule has 0 unspecified atom stereocenters. The number of carboxylic acids is 1. The molecule has 0 aromatic heterocycles. The number of aliphatic carboxylic acids is 1. The highest BCUT2D eigenvalue weighted by Gasteiger charge is 2.08. The van der Waals surface area contributed by atoms with Gasteiger partial charge in [-0.15, -0.1) is 0 Å². The molecular formula is C11H11IO5. The van der Waals surface area contributed by atoms with E-state index in [1.165, 1.54) is 7.11 Å². The van der Waals surface area contributed by atoms with E-state index in [0.717, 1.165) is 9.13 Å². The van der Waals surface area contributed by atoms with Crippen molar-refractivity contribution < 1.29 is 24.2 Å². The topological polar surface area (TPSA) is 72.8 Å². The minimum absolute atomic E-state index is 0.146. The lowest BCUT2D eigenvalue weighted by molar-refractivity contribution is -0.142. The van der Waals surface area contributed by atoms with Crippen LogP contribution in [0.4, 0.5) is 0 Å². The van der Waals surface area contributed by atoms with Gasteiger partial charge in [0, 0.05) is 3.57 Å². The molecule has 17 heavy (non-hydrogen) atoms. The first-order valence-corrected chi connectivity index (χ1v) is 5.78. The normalized spacial score (nSPS) is 10.0. The third-order valence-corrected chi connectivity index (χ3v) is 2.50. The summed E-state index contributed by atoms with van der Waals surface area (Å²) in [4.78, 5) is 21.6. The third kappa shape index (κ3) is 4.70. The van der Waals surface area contributed by atoms with Crippen LogP contribution in [-0.4, -0.2) is 30.8 Å². The zero-order valence-corrected chi connectivity index (χ0v) is 11.3. The number of halogens is 1. The van der Waals surface area contributed by atoms with Crippen LogP contribution in [0.15, 0.2) is 18.2 Å². The second-order valence-electron chi connectivity index (χ2n) is 3.23. The maximum Gasteiger partial charge on any atom is 0.337 e. The van der Waals surface area contributed by atoms with Crippen LogP contribution in [0.5, 0.6) is 0 Å². The van der Waals surface area contributed by atoms with Gasteiger partial charge in [-0.3, -0.25) is 0 Å². The summed E-state index contributed by atoms with van der Waals surface area (Å²) in [6, 6.07) is 5.12. The molecule has 1 aromatic rings. The van der Waals surface area contributed by atoms with E-state index in [1.807, 2.05) is 6.07 Å². The Hall–Kier alpha value is -1.15. The maximum atomic E-state index is 11.3. The summed E-state index contributed by atoms with van der Waals surface area (Å²) in [6.45, 7) is -0.216. The fraction of sp³-hybridized carbons (Fsp3) is 0.273. The van der Waals surface area contributed by atoms with E-state index in [9.17, 15) is 9.59 Å². The van der Waals surface area contributed by atoms with Gasteiger partial charge in [-0.25, -0.2) is 9.59 Å². The van der Waals surface area contributed by atoms with Crippen molar-refractivity contribution in [1.82, 2.24) is 0 Å². The van der Waals surface area contributed by atoms with E-state index in [1.54, 1.807) is 12.1 Å². The molecule has 92 valence electrons. The number of esters is 1. The summed E-state index contributed by atoms with van der Waals surface area (Å²) >= 11 is 2.07. The summed E-state index contributed by atoms with van der Waals surface area (Å²) < 4.78 is 10.4. The quantitative estimate of drug-likeness (QED) is 0.646.